The summed E-state index contributed by atoms with van der Waals surface area (Å²) in [4.78, 5) is 13.4. The van der Waals surface area contributed by atoms with Crippen LogP contribution in [0.3, 0.4) is 0 Å². The van der Waals surface area contributed by atoms with E-state index in [9.17, 15) is 4.79 Å². The SMILES string of the molecule is Cc1ccc(N2CC(CCN[C@H](C)c3cccc4ccccc34)Cc3ccccc32)cc1OCC(=O)O.Cl. The zero-order valence-corrected chi connectivity index (χ0v) is 22.7. The van der Waals surface area contributed by atoms with Crippen LogP contribution in [-0.4, -0.2) is 30.8 Å². The van der Waals surface area contributed by atoms with Crippen molar-refractivity contribution in [1.29, 1.82) is 0 Å². The van der Waals surface area contributed by atoms with E-state index in [4.69, 9.17) is 9.84 Å². The Hall–Kier alpha value is -3.54. The van der Waals surface area contributed by atoms with E-state index in [1.165, 1.54) is 27.6 Å². The van der Waals surface area contributed by atoms with Gasteiger partial charge in [0.25, 0.3) is 0 Å². The largest absolute Gasteiger partial charge is 0.482 e. The van der Waals surface area contributed by atoms with Gasteiger partial charge in [0.05, 0.1) is 0 Å². The van der Waals surface area contributed by atoms with Gasteiger partial charge in [-0.2, -0.15) is 0 Å². The zero-order valence-electron chi connectivity index (χ0n) is 21.9. The first-order valence-corrected chi connectivity index (χ1v) is 13.0. The van der Waals surface area contributed by atoms with E-state index >= 15 is 0 Å². The lowest BCUT2D eigenvalue weighted by Gasteiger charge is -2.36. The van der Waals surface area contributed by atoms with Crippen molar-refractivity contribution in [3.63, 3.8) is 0 Å². The van der Waals surface area contributed by atoms with Gasteiger partial charge in [-0.15, -0.1) is 12.4 Å². The summed E-state index contributed by atoms with van der Waals surface area (Å²) < 4.78 is 5.57. The lowest BCUT2D eigenvalue weighted by atomic mass is 9.89. The van der Waals surface area contributed by atoms with Crippen molar-refractivity contribution in [2.24, 2.45) is 5.92 Å². The first-order chi connectivity index (χ1) is 18.0. The number of hydrogen-bond acceptors (Lipinski definition) is 4. The summed E-state index contributed by atoms with van der Waals surface area (Å²) >= 11 is 0. The van der Waals surface area contributed by atoms with Gasteiger partial charge in [0.1, 0.15) is 5.75 Å². The second-order valence-corrected chi connectivity index (χ2v) is 9.97. The molecule has 5 nitrogen and oxygen atoms in total. The first kappa shape index (κ1) is 27.5. The fraction of sp³-hybridized carbons (Fsp3) is 0.281. The van der Waals surface area contributed by atoms with Gasteiger partial charge in [0, 0.05) is 30.0 Å². The lowest BCUT2D eigenvalue weighted by Crippen LogP contribution is -2.34. The molecule has 0 aliphatic carbocycles. The molecule has 0 saturated carbocycles. The number of benzene rings is 4. The number of halogens is 1. The molecule has 6 heteroatoms. The van der Waals surface area contributed by atoms with Crippen LogP contribution in [0, 0.1) is 12.8 Å². The maximum absolute atomic E-state index is 11.0. The summed E-state index contributed by atoms with van der Waals surface area (Å²) in [5.74, 6) is 0.135. The third-order valence-corrected chi connectivity index (χ3v) is 7.36. The number of aryl methyl sites for hydroxylation is 1. The molecule has 2 N–H and O–H groups in total. The van der Waals surface area contributed by atoms with E-state index in [1.807, 2.05) is 19.1 Å². The number of carboxylic acids is 1. The van der Waals surface area contributed by atoms with E-state index in [0.717, 1.165) is 37.2 Å². The quantitative estimate of drug-likeness (QED) is 0.242. The Bertz CT molecular complexity index is 1400. The van der Waals surface area contributed by atoms with Gasteiger partial charge in [-0.05, 0) is 78.7 Å². The van der Waals surface area contributed by atoms with Crippen LogP contribution in [0.4, 0.5) is 11.4 Å². The third kappa shape index (κ3) is 6.12. The van der Waals surface area contributed by atoms with Crippen LogP contribution in [0.25, 0.3) is 10.8 Å². The van der Waals surface area contributed by atoms with Crippen LogP contribution in [0.5, 0.6) is 5.75 Å². The number of para-hydroxylation sites is 1. The normalized spacial score (nSPS) is 15.4. The van der Waals surface area contributed by atoms with E-state index in [0.29, 0.717) is 11.7 Å². The molecular formula is C32H35ClN2O3. The summed E-state index contributed by atoms with van der Waals surface area (Å²) in [5, 5.41) is 15.4. The van der Waals surface area contributed by atoms with Crippen molar-refractivity contribution >= 4 is 40.5 Å². The summed E-state index contributed by atoms with van der Waals surface area (Å²) in [7, 11) is 0. The highest BCUT2D eigenvalue weighted by atomic mass is 35.5. The van der Waals surface area contributed by atoms with Gasteiger partial charge < -0.3 is 20.1 Å². The maximum atomic E-state index is 11.0. The van der Waals surface area contributed by atoms with Crippen molar-refractivity contribution in [2.45, 2.75) is 32.7 Å². The molecular weight excluding hydrogens is 496 g/mol. The number of ether oxygens (including phenoxy) is 1. The monoisotopic (exact) mass is 530 g/mol. The van der Waals surface area contributed by atoms with Crippen molar-refractivity contribution in [3.05, 3.63) is 102 Å². The fourth-order valence-electron chi connectivity index (χ4n) is 5.41. The van der Waals surface area contributed by atoms with Gasteiger partial charge in [-0.3, -0.25) is 0 Å². The number of hydrogen-bond donors (Lipinski definition) is 2. The average molecular weight is 531 g/mol. The molecule has 0 aromatic heterocycles. The van der Waals surface area contributed by atoms with E-state index in [1.54, 1.807) is 0 Å². The van der Waals surface area contributed by atoms with Gasteiger partial charge in [-0.25, -0.2) is 4.79 Å². The predicted molar refractivity (Wildman–Crippen MR) is 157 cm³/mol. The Morgan fingerprint density at radius 1 is 1.05 bits per heavy atom. The molecule has 38 heavy (non-hydrogen) atoms. The molecule has 0 radical (unpaired) electrons. The molecule has 4 aromatic carbocycles. The molecule has 4 aromatic rings. The van der Waals surface area contributed by atoms with Crippen LogP contribution in [0.2, 0.25) is 0 Å². The second-order valence-electron chi connectivity index (χ2n) is 9.97. The molecule has 1 heterocycles. The highest BCUT2D eigenvalue weighted by Crippen LogP contribution is 2.38. The first-order valence-electron chi connectivity index (χ1n) is 13.0. The number of rotatable bonds is 9. The number of fused-ring (bicyclic) bond motifs is 2. The Balaban J connectivity index is 0.00000336. The Morgan fingerprint density at radius 2 is 1.82 bits per heavy atom. The molecule has 0 spiro atoms. The van der Waals surface area contributed by atoms with Crippen LogP contribution >= 0.6 is 12.4 Å². The predicted octanol–water partition coefficient (Wildman–Crippen LogP) is 7.08. The number of aliphatic carboxylic acids is 1. The van der Waals surface area contributed by atoms with Crippen molar-refractivity contribution in [2.75, 3.05) is 24.6 Å². The Kier molecular flexibility index (Phi) is 8.93. The smallest absolute Gasteiger partial charge is 0.341 e. The molecule has 198 valence electrons. The van der Waals surface area contributed by atoms with Crippen molar-refractivity contribution in [3.8, 4) is 5.75 Å². The maximum Gasteiger partial charge on any atom is 0.341 e. The van der Waals surface area contributed by atoms with E-state index in [-0.39, 0.29) is 25.1 Å². The van der Waals surface area contributed by atoms with Crippen LogP contribution in [0.1, 0.15) is 36.1 Å². The lowest BCUT2D eigenvalue weighted by molar-refractivity contribution is -0.139. The standard InChI is InChI=1S/C32H34N2O3.ClH/c1-22-14-15-27(19-31(22)37-21-32(35)36)34-20-24(18-26-9-4-6-13-30(26)34)16-17-33-23(2)28-12-7-10-25-8-3-5-11-29(25)28;/h3-15,19,23-24,33H,16-18,20-21H2,1-2H3,(H,35,36);1H/t23-,24?;/m1./s1. The zero-order chi connectivity index (χ0) is 25.8. The minimum Gasteiger partial charge on any atom is -0.482 e. The molecule has 0 bridgehead atoms. The number of anilines is 2. The van der Waals surface area contributed by atoms with E-state index in [2.05, 4.69) is 89.9 Å². The Morgan fingerprint density at radius 3 is 2.66 bits per heavy atom. The van der Waals surface area contributed by atoms with Crippen LogP contribution in [0.15, 0.2) is 84.9 Å². The molecule has 1 aliphatic rings. The number of carboxylic acid groups (broad SMARTS) is 1. The van der Waals surface area contributed by atoms with Crippen molar-refractivity contribution in [1.82, 2.24) is 5.32 Å². The minimum atomic E-state index is -0.974. The number of nitrogens with zero attached hydrogens (tertiary/aromatic N) is 1. The molecule has 1 aliphatic heterocycles. The van der Waals surface area contributed by atoms with Gasteiger partial charge in [-0.1, -0.05) is 66.7 Å². The van der Waals surface area contributed by atoms with Crippen LogP contribution in [-0.2, 0) is 11.2 Å². The molecule has 5 rings (SSSR count). The summed E-state index contributed by atoms with van der Waals surface area (Å²) in [5.41, 5.74) is 5.85. The topological polar surface area (TPSA) is 61.8 Å². The second kappa shape index (κ2) is 12.3. The third-order valence-electron chi connectivity index (χ3n) is 7.36. The number of nitrogens with one attached hydrogen (secondary N) is 1. The van der Waals surface area contributed by atoms with Gasteiger partial charge in [0.15, 0.2) is 6.61 Å². The highest BCUT2D eigenvalue weighted by Gasteiger charge is 2.26. The summed E-state index contributed by atoms with van der Waals surface area (Å²) in [6.07, 6.45) is 2.11. The van der Waals surface area contributed by atoms with E-state index < -0.39 is 5.97 Å². The van der Waals surface area contributed by atoms with Crippen molar-refractivity contribution < 1.29 is 14.6 Å². The molecule has 1 unspecified atom stereocenters. The fourth-order valence-corrected chi connectivity index (χ4v) is 5.41. The summed E-state index contributed by atoms with van der Waals surface area (Å²) in [6, 6.07) is 30.0. The minimum absolute atomic E-state index is 0. The molecule has 0 saturated heterocycles. The van der Waals surface area contributed by atoms with Crippen LogP contribution < -0.4 is 15.0 Å². The summed E-state index contributed by atoms with van der Waals surface area (Å²) in [6.45, 7) is 5.69. The average Bonchev–Trinajstić information content (AvgIpc) is 2.91. The highest BCUT2D eigenvalue weighted by molar-refractivity contribution is 5.86. The number of carbonyl (C=O) groups is 1. The van der Waals surface area contributed by atoms with Gasteiger partial charge in [0.2, 0.25) is 0 Å². The Labute approximate surface area is 230 Å². The molecule has 0 amide bonds. The molecule has 0 fully saturated rings. The van der Waals surface area contributed by atoms with Gasteiger partial charge >= 0.3 is 5.97 Å². The molecule has 2 atom stereocenters.